The fraction of sp³-hybridized carbons (Fsp3) is 0.214. The first-order chi connectivity index (χ1) is 9.24. The van der Waals surface area contributed by atoms with Crippen molar-refractivity contribution in [2.24, 2.45) is 0 Å². The molecule has 0 saturated heterocycles. The lowest BCUT2D eigenvalue weighted by molar-refractivity contribution is 0.265. The van der Waals surface area contributed by atoms with Crippen molar-refractivity contribution in [1.82, 2.24) is 4.98 Å². The molecule has 4 nitrogen and oxygen atoms in total. The van der Waals surface area contributed by atoms with Crippen molar-refractivity contribution in [3.8, 4) is 17.2 Å². The molecule has 0 spiro atoms. The zero-order chi connectivity index (χ0) is 13.7. The maximum atomic E-state index is 5.78. The highest BCUT2D eigenvalue weighted by molar-refractivity contribution is 9.10. The standard InChI is InChI=1S/C14H14BrNO3/c1-17-12-4-3-5-13(18-2)14(12)19-9-10-6-11(15)8-16-7-10/h3-8H,9H2,1-2H3. The van der Waals surface area contributed by atoms with Gasteiger partial charge in [-0.2, -0.15) is 0 Å². The van der Waals surface area contributed by atoms with E-state index in [-0.39, 0.29) is 0 Å². The summed E-state index contributed by atoms with van der Waals surface area (Å²) < 4.78 is 17.2. The molecule has 0 N–H and O–H groups in total. The molecule has 5 heteroatoms. The van der Waals surface area contributed by atoms with Crippen LogP contribution in [0, 0.1) is 0 Å². The number of halogens is 1. The molecule has 1 aromatic heterocycles. The smallest absolute Gasteiger partial charge is 0.203 e. The highest BCUT2D eigenvalue weighted by atomic mass is 79.9. The summed E-state index contributed by atoms with van der Waals surface area (Å²) in [5.74, 6) is 1.87. The van der Waals surface area contributed by atoms with Crippen LogP contribution in [0.1, 0.15) is 5.56 Å². The summed E-state index contributed by atoms with van der Waals surface area (Å²) in [6.45, 7) is 0.392. The van der Waals surface area contributed by atoms with Crippen LogP contribution in [0.3, 0.4) is 0 Å². The summed E-state index contributed by atoms with van der Waals surface area (Å²) in [4.78, 5) is 4.09. The molecule has 0 saturated carbocycles. The Morgan fingerprint density at radius 2 is 1.79 bits per heavy atom. The van der Waals surface area contributed by atoms with Crippen LogP contribution < -0.4 is 14.2 Å². The molecule has 2 rings (SSSR count). The Kier molecular flexibility index (Phi) is 4.63. The van der Waals surface area contributed by atoms with Gasteiger partial charge in [-0.05, 0) is 34.1 Å². The number of benzene rings is 1. The van der Waals surface area contributed by atoms with Crippen LogP contribution in [0.4, 0.5) is 0 Å². The van der Waals surface area contributed by atoms with Crippen LogP contribution in [0.2, 0.25) is 0 Å². The monoisotopic (exact) mass is 323 g/mol. The minimum atomic E-state index is 0.392. The quantitative estimate of drug-likeness (QED) is 0.845. The van der Waals surface area contributed by atoms with E-state index in [4.69, 9.17) is 14.2 Å². The van der Waals surface area contributed by atoms with Gasteiger partial charge in [0.15, 0.2) is 11.5 Å². The Morgan fingerprint density at radius 1 is 1.11 bits per heavy atom. The van der Waals surface area contributed by atoms with Gasteiger partial charge in [-0.1, -0.05) is 6.07 Å². The second-order valence-electron chi connectivity index (χ2n) is 3.79. The molecular weight excluding hydrogens is 310 g/mol. The minimum absolute atomic E-state index is 0.392. The molecule has 0 aliphatic heterocycles. The average Bonchev–Trinajstić information content (AvgIpc) is 2.44. The summed E-state index contributed by atoms with van der Waals surface area (Å²) in [6.07, 6.45) is 3.49. The van der Waals surface area contributed by atoms with Gasteiger partial charge in [0.25, 0.3) is 0 Å². The van der Waals surface area contributed by atoms with Crippen LogP contribution in [0.5, 0.6) is 17.2 Å². The van der Waals surface area contributed by atoms with Crippen LogP contribution in [-0.2, 0) is 6.61 Å². The fourth-order valence-corrected chi connectivity index (χ4v) is 2.06. The minimum Gasteiger partial charge on any atom is -0.493 e. The molecule has 1 aromatic carbocycles. The second kappa shape index (κ2) is 6.43. The molecular formula is C14H14BrNO3. The van der Waals surface area contributed by atoms with E-state index < -0.39 is 0 Å². The van der Waals surface area contributed by atoms with Gasteiger partial charge in [-0.3, -0.25) is 4.98 Å². The van der Waals surface area contributed by atoms with Crippen LogP contribution in [0.25, 0.3) is 0 Å². The highest BCUT2D eigenvalue weighted by Crippen LogP contribution is 2.37. The number of hydrogen-bond donors (Lipinski definition) is 0. The van der Waals surface area contributed by atoms with E-state index in [1.165, 1.54) is 0 Å². The Hall–Kier alpha value is -1.75. The second-order valence-corrected chi connectivity index (χ2v) is 4.71. The first kappa shape index (κ1) is 13.7. The number of para-hydroxylation sites is 1. The Labute approximate surface area is 120 Å². The number of ether oxygens (including phenoxy) is 3. The molecule has 0 atom stereocenters. The molecule has 1 heterocycles. The van der Waals surface area contributed by atoms with Crippen LogP contribution >= 0.6 is 15.9 Å². The number of nitrogens with zero attached hydrogens (tertiary/aromatic N) is 1. The van der Waals surface area contributed by atoms with Crippen molar-refractivity contribution >= 4 is 15.9 Å². The number of hydrogen-bond acceptors (Lipinski definition) is 4. The van der Waals surface area contributed by atoms with Crippen molar-refractivity contribution in [2.75, 3.05) is 14.2 Å². The van der Waals surface area contributed by atoms with Crippen molar-refractivity contribution in [3.63, 3.8) is 0 Å². The molecule has 0 aliphatic carbocycles. The lowest BCUT2D eigenvalue weighted by Crippen LogP contribution is -2.00. The summed E-state index contributed by atoms with van der Waals surface area (Å²) in [5, 5.41) is 0. The number of methoxy groups -OCH3 is 2. The maximum absolute atomic E-state index is 5.78. The van der Waals surface area contributed by atoms with Gasteiger partial charge in [0.05, 0.1) is 14.2 Å². The Balaban J connectivity index is 2.19. The summed E-state index contributed by atoms with van der Waals surface area (Å²) >= 11 is 3.38. The van der Waals surface area contributed by atoms with Crippen molar-refractivity contribution in [2.45, 2.75) is 6.61 Å². The van der Waals surface area contributed by atoms with E-state index in [1.807, 2.05) is 24.3 Å². The van der Waals surface area contributed by atoms with Gasteiger partial charge in [0.1, 0.15) is 6.61 Å². The molecule has 0 aliphatic rings. The zero-order valence-electron chi connectivity index (χ0n) is 10.7. The predicted octanol–water partition coefficient (Wildman–Crippen LogP) is 3.44. The lowest BCUT2D eigenvalue weighted by atomic mass is 10.3. The van der Waals surface area contributed by atoms with Crippen LogP contribution in [-0.4, -0.2) is 19.2 Å². The first-order valence-electron chi connectivity index (χ1n) is 5.68. The average molecular weight is 324 g/mol. The third-order valence-corrected chi connectivity index (χ3v) is 2.96. The summed E-state index contributed by atoms with van der Waals surface area (Å²) in [6, 6.07) is 7.47. The van der Waals surface area contributed by atoms with E-state index in [2.05, 4.69) is 20.9 Å². The van der Waals surface area contributed by atoms with Gasteiger partial charge in [-0.25, -0.2) is 0 Å². The molecule has 0 unspecified atom stereocenters. The van der Waals surface area contributed by atoms with E-state index in [0.29, 0.717) is 23.9 Å². The largest absolute Gasteiger partial charge is 0.493 e. The number of rotatable bonds is 5. The number of aromatic nitrogens is 1. The normalized spacial score (nSPS) is 10.1. The third-order valence-electron chi connectivity index (χ3n) is 2.53. The van der Waals surface area contributed by atoms with Crippen molar-refractivity contribution in [3.05, 3.63) is 46.7 Å². The molecule has 2 aromatic rings. The van der Waals surface area contributed by atoms with Gasteiger partial charge in [-0.15, -0.1) is 0 Å². The highest BCUT2D eigenvalue weighted by Gasteiger charge is 2.11. The Morgan fingerprint density at radius 3 is 2.37 bits per heavy atom. The molecule has 19 heavy (non-hydrogen) atoms. The number of pyridine rings is 1. The van der Waals surface area contributed by atoms with Crippen molar-refractivity contribution in [1.29, 1.82) is 0 Å². The lowest BCUT2D eigenvalue weighted by Gasteiger charge is -2.14. The van der Waals surface area contributed by atoms with Crippen LogP contribution in [0.15, 0.2) is 41.1 Å². The molecule has 0 amide bonds. The maximum Gasteiger partial charge on any atom is 0.203 e. The van der Waals surface area contributed by atoms with E-state index in [0.717, 1.165) is 10.0 Å². The molecule has 0 bridgehead atoms. The topological polar surface area (TPSA) is 40.6 Å². The first-order valence-corrected chi connectivity index (χ1v) is 6.47. The fourth-order valence-electron chi connectivity index (χ4n) is 1.65. The van der Waals surface area contributed by atoms with E-state index >= 15 is 0 Å². The van der Waals surface area contributed by atoms with Gasteiger partial charge in [0.2, 0.25) is 5.75 Å². The van der Waals surface area contributed by atoms with E-state index in [1.54, 1.807) is 26.6 Å². The van der Waals surface area contributed by atoms with Gasteiger partial charge >= 0.3 is 0 Å². The SMILES string of the molecule is COc1cccc(OC)c1OCc1cncc(Br)c1. The van der Waals surface area contributed by atoms with E-state index in [9.17, 15) is 0 Å². The summed E-state index contributed by atoms with van der Waals surface area (Å²) in [7, 11) is 3.20. The van der Waals surface area contributed by atoms with Gasteiger partial charge in [0, 0.05) is 22.4 Å². The zero-order valence-corrected chi connectivity index (χ0v) is 12.3. The predicted molar refractivity (Wildman–Crippen MR) is 75.8 cm³/mol. The summed E-state index contributed by atoms with van der Waals surface area (Å²) in [5.41, 5.74) is 0.960. The molecule has 0 fully saturated rings. The molecule has 100 valence electrons. The van der Waals surface area contributed by atoms with Crippen molar-refractivity contribution < 1.29 is 14.2 Å². The Bertz CT molecular complexity index is 538. The van der Waals surface area contributed by atoms with Gasteiger partial charge < -0.3 is 14.2 Å². The molecule has 0 radical (unpaired) electrons. The third kappa shape index (κ3) is 3.38.